The second-order valence-corrected chi connectivity index (χ2v) is 7.67. The molecule has 200 valence electrons. The van der Waals surface area contributed by atoms with Crippen molar-refractivity contribution in [3.05, 3.63) is 0 Å². The van der Waals surface area contributed by atoms with Crippen molar-refractivity contribution in [2.75, 3.05) is 13.2 Å². The minimum atomic E-state index is -1.83. The molecule has 0 aromatic rings. The van der Waals surface area contributed by atoms with Gasteiger partial charge in [-0.05, 0) is 12.8 Å². The molecule has 0 saturated carbocycles. The fraction of sp³-hybridized carbons (Fsp3) is 0.579. The van der Waals surface area contributed by atoms with E-state index in [1.54, 1.807) is 0 Å². The standard InChI is InChI=1S/C19H27N5O12/c25-7-11(16(33)20-6-15(31)32)24-19(36)10(5-14(29)30)23-18(35)9(2-4-13(27)28)22-17(34)8-1-3-12(26)21-8/h8-11,25H,1-7H2,(H,20,33)(H,21,26)(H,22,34)(H,23,35)(H,24,36)(H,27,28)(H,29,30)(H,31,32). The fourth-order valence-electron chi connectivity index (χ4n) is 3.03. The lowest BCUT2D eigenvalue weighted by atomic mass is 10.1. The third kappa shape index (κ3) is 10.3. The zero-order chi connectivity index (χ0) is 27.4. The summed E-state index contributed by atoms with van der Waals surface area (Å²) in [6, 6.07) is -6.00. The molecule has 4 unspecified atom stereocenters. The van der Waals surface area contributed by atoms with Crippen LogP contribution < -0.4 is 26.6 Å². The van der Waals surface area contributed by atoms with Gasteiger partial charge in [-0.3, -0.25) is 38.4 Å². The summed E-state index contributed by atoms with van der Waals surface area (Å²) in [5, 5.41) is 46.5. The molecular weight excluding hydrogens is 490 g/mol. The number of amides is 5. The topological polar surface area (TPSA) is 278 Å². The van der Waals surface area contributed by atoms with Crippen LogP contribution in [0.3, 0.4) is 0 Å². The maximum absolute atomic E-state index is 12.8. The predicted molar refractivity (Wildman–Crippen MR) is 114 cm³/mol. The third-order valence-electron chi connectivity index (χ3n) is 4.83. The molecule has 17 nitrogen and oxygen atoms in total. The highest BCUT2D eigenvalue weighted by Gasteiger charge is 2.33. The maximum atomic E-state index is 12.8. The lowest BCUT2D eigenvalue weighted by Crippen LogP contribution is -2.58. The van der Waals surface area contributed by atoms with E-state index in [0.717, 1.165) is 0 Å². The minimum Gasteiger partial charge on any atom is -0.481 e. The molecule has 0 bridgehead atoms. The van der Waals surface area contributed by atoms with Crippen molar-refractivity contribution >= 4 is 47.4 Å². The monoisotopic (exact) mass is 517 g/mol. The van der Waals surface area contributed by atoms with Crippen LogP contribution in [0.2, 0.25) is 0 Å². The summed E-state index contributed by atoms with van der Waals surface area (Å²) in [4.78, 5) is 93.7. The molecule has 1 aliphatic rings. The number of aliphatic carboxylic acids is 3. The maximum Gasteiger partial charge on any atom is 0.322 e. The molecule has 36 heavy (non-hydrogen) atoms. The zero-order valence-electron chi connectivity index (χ0n) is 18.8. The van der Waals surface area contributed by atoms with Gasteiger partial charge >= 0.3 is 17.9 Å². The molecule has 1 heterocycles. The zero-order valence-corrected chi connectivity index (χ0v) is 18.8. The van der Waals surface area contributed by atoms with Gasteiger partial charge in [-0.2, -0.15) is 0 Å². The molecule has 0 radical (unpaired) electrons. The van der Waals surface area contributed by atoms with E-state index < -0.39 is 104 Å². The van der Waals surface area contributed by atoms with Crippen molar-refractivity contribution in [1.82, 2.24) is 26.6 Å². The molecule has 0 aromatic carbocycles. The molecule has 1 fully saturated rings. The summed E-state index contributed by atoms with van der Waals surface area (Å²) in [7, 11) is 0. The number of carboxylic acids is 3. The summed E-state index contributed by atoms with van der Waals surface area (Å²) < 4.78 is 0. The second kappa shape index (κ2) is 14.2. The Kier molecular flexibility index (Phi) is 11.7. The van der Waals surface area contributed by atoms with Crippen molar-refractivity contribution in [2.45, 2.75) is 56.3 Å². The molecule has 17 heteroatoms. The van der Waals surface area contributed by atoms with E-state index in [4.69, 9.17) is 15.3 Å². The van der Waals surface area contributed by atoms with Crippen LogP contribution in [0.15, 0.2) is 0 Å². The van der Waals surface area contributed by atoms with Crippen LogP contribution in [0, 0.1) is 0 Å². The van der Waals surface area contributed by atoms with Crippen molar-refractivity contribution in [2.24, 2.45) is 0 Å². The first-order valence-corrected chi connectivity index (χ1v) is 10.6. The number of nitrogens with one attached hydrogen (secondary N) is 5. The van der Waals surface area contributed by atoms with Gasteiger partial charge < -0.3 is 47.0 Å². The van der Waals surface area contributed by atoms with Gasteiger partial charge in [0.25, 0.3) is 0 Å². The number of hydrogen-bond donors (Lipinski definition) is 9. The van der Waals surface area contributed by atoms with E-state index >= 15 is 0 Å². The molecule has 0 aromatic heterocycles. The number of aliphatic hydroxyl groups excluding tert-OH is 1. The van der Waals surface area contributed by atoms with Crippen LogP contribution in [0.25, 0.3) is 0 Å². The van der Waals surface area contributed by atoms with Crippen molar-refractivity contribution in [3.63, 3.8) is 0 Å². The summed E-state index contributed by atoms with van der Waals surface area (Å²) >= 11 is 0. The van der Waals surface area contributed by atoms with E-state index in [9.17, 15) is 43.5 Å². The normalized spacial score (nSPS) is 17.0. The first kappa shape index (κ1) is 29.8. The number of aliphatic hydroxyl groups is 1. The number of carboxylic acid groups (broad SMARTS) is 3. The van der Waals surface area contributed by atoms with Crippen molar-refractivity contribution < 1.29 is 58.8 Å². The van der Waals surface area contributed by atoms with E-state index in [-0.39, 0.29) is 12.8 Å². The van der Waals surface area contributed by atoms with Crippen LogP contribution in [-0.4, -0.2) is 105 Å². The number of hydrogen-bond acceptors (Lipinski definition) is 9. The lowest BCUT2D eigenvalue weighted by Gasteiger charge is -2.24. The molecule has 5 amide bonds. The molecule has 1 saturated heterocycles. The Bertz CT molecular complexity index is 907. The Hall–Kier alpha value is -4.28. The number of carbonyl (C=O) groups is 8. The van der Waals surface area contributed by atoms with Gasteiger partial charge in [-0.1, -0.05) is 0 Å². The quantitative estimate of drug-likeness (QED) is 0.0990. The summed E-state index contributed by atoms with van der Waals surface area (Å²) in [6.07, 6.45) is -1.82. The molecule has 9 N–H and O–H groups in total. The highest BCUT2D eigenvalue weighted by molar-refractivity contribution is 5.97. The van der Waals surface area contributed by atoms with Crippen LogP contribution in [0.5, 0.6) is 0 Å². The Morgan fingerprint density at radius 3 is 1.94 bits per heavy atom. The first-order chi connectivity index (χ1) is 16.8. The molecule has 1 aliphatic heterocycles. The highest BCUT2D eigenvalue weighted by Crippen LogP contribution is 2.08. The Morgan fingerprint density at radius 1 is 0.833 bits per heavy atom. The highest BCUT2D eigenvalue weighted by atomic mass is 16.4. The van der Waals surface area contributed by atoms with Crippen LogP contribution in [-0.2, 0) is 38.4 Å². The van der Waals surface area contributed by atoms with Crippen LogP contribution in [0.1, 0.15) is 32.1 Å². The molecule has 0 aliphatic carbocycles. The number of carbonyl (C=O) groups excluding carboxylic acids is 5. The lowest BCUT2D eigenvalue weighted by molar-refractivity contribution is -0.142. The Morgan fingerprint density at radius 2 is 1.44 bits per heavy atom. The fourth-order valence-corrected chi connectivity index (χ4v) is 3.03. The second-order valence-electron chi connectivity index (χ2n) is 7.67. The smallest absolute Gasteiger partial charge is 0.322 e. The third-order valence-corrected chi connectivity index (χ3v) is 4.83. The Labute approximate surface area is 203 Å². The van der Waals surface area contributed by atoms with E-state index in [0.29, 0.717) is 0 Å². The summed E-state index contributed by atoms with van der Waals surface area (Å²) in [6.45, 7) is -1.82. The Balaban J connectivity index is 2.95. The summed E-state index contributed by atoms with van der Waals surface area (Å²) in [5.41, 5.74) is 0. The van der Waals surface area contributed by atoms with Gasteiger partial charge in [0.15, 0.2) is 0 Å². The van der Waals surface area contributed by atoms with Gasteiger partial charge in [0.1, 0.15) is 30.7 Å². The van der Waals surface area contributed by atoms with Gasteiger partial charge in [0, 0.05) is 12.8 Å². The largest absolute Gasteiger partial charge is 0.481 e. The molecule has 1 rings (SSSR count). The van der Waals surface area contributed by atoms with Gasteiger partial charge in [-0.15, -0.1) is 0 Å². The van der Waals surface area contributed by atoms with Crippen molar-refractivity contribution in [1.29, 1.82) is 0 Å². The van der Waals surface area contributed by atoms with E-state index in [2.05, 4.69) is 16.0 Å². The van der Waals surface area contributed by atoms with Crippen molar-refractivity contribution in [3.8, 4) is 0 Å². The van der Waals surface area contributed by atoms with E-state index in [1.807, 2.05) is 10.6 Å². The predicted octanol–water partition coefficient (Wildman–Crippen LogP) is -4.75. The number of rotatable bonds is 15. The van der Waals surface area contributed by atoms with Crippen LogP contribution in [0.4, 0.5) is 0 Å². The van der Waals surface area contributed by atoms with Gasteiger partial charge in [0.05, 0.1) is 13.0 Å². The molecular formula is C19H27N5O12. The molecule has 0 spiro atoms. The van der Waals surface area contributed by atoms with Gasteiger partial charge in [-0.25, -0.2) is 0 Å². The van der Waals surface area contributed by atoms with Crippen LogP contribution >= 0.6 is 0 Å². The van der Waals surface area contributed by atoms with E-state index in [1.165, 1.54) is 0 Å². The molecule has 4 atom stereocenters. The summed E-state index contributed by atoms with van der Waals surface area (Å²) in [5.74, 6) is -8.91. The SMILES string of the molecule is O=C(O)CCC(NC(=O)C1CCC(=O)N1)C(=O)NC(CC(=O)O)C(=O)NC(CO)C(=O)NCC(=O)O. The first-order valence-electron chi connectivity index (χ1n) is 10.6. The van der Waals surface area contributed by atoms with Gasteiger partial charge in [0.2, 0.25) is 29.5 Å². The average Bonchev–Trinajstić information content (AvgIpc) is 3.23. The average molecular weight is 517 g/mol. The minimum absolute atomic E-state index is 0.0665.